The number of hydrogen-bond donors (Lipinski definition) is 4. The molecule has 0 bridgehead atoms. The molecule has 1 aliphatic carbocycles. The van der Waals surface area contributed by atoms with E-state index < -0.39 is 11.9 Å². The first-order valence-electron chi connectivity index (χ1n) is 7.61. The predicted octanol–water partition coefficient (Wildman–Crippen LogP) is 2.03. The number of rotatable bonds is 3. The van der Waals surface area contributed by atoms with Crippen LogP contribution in [0.15, 0.2) is 54.1 Å². The van der Waals surface area contributed by atoms with Crippen molar-refractivity contribution < 1.29 is 14.7 Å². The van der Waals surface area contributed by atoms with Crippen LogP contribution in [0.4, 0.5) is 4.79 Å². The zero-order chi connectivity index (χ0) is 16.4. The van der Waals surface area contributed by atoms with Gasteiger partial charge in [-0.15, -0.1) is 0 Å². The fourth-order valence-corrected chi connectivity index (χ4v) is 3.11. The van der Waals surface area contributed by atoms with Gasteiger partial charge in [0.1, 0.15) is 0 Å². The second-order valence-corrected chi connectivity index (χ2v) is 5.87. The standard InChI is InChI=1S/C17H19N3O3/c1-10-15(21)14(20-17(23)18-10)16(22)19-13-8-7-12(9-13)11-5-3-2-4-6-11/h2-6,12-13,21H,1,7-9H2,(H,19,22)(H2,18,20,23)/t12-,13-/m1/s1. The van der Waals surface area contributed by atoms with Crippen molar-refractivity contribution in [3.63, 3.8) is 0 Å². The summed E-state index contributed by atoms with van der Waals surface area (Å²) in [4.78, 5) is 23.7. The molecule has 120 valence electrons. The topological polar surface area (TPSA) is 90.5 Å². The molecular weight excluding hydrogens is 294 g/mol. The Balaban J connectivity index is 1.64. The molecule has 6 heteroatoms. The first-order chi connectivity index (χ1) is 11.0. The highest BCUT2D eigenvalue weighted by atomic mass is 16.3. The predicted molar refractivity (Wildman–Crippen MR) is 85.4 cm³/mol. The molecule has 1 aromatic rings. The minimum Gasteiger partial charge on any atom is -0.504 e. The van der Waals surface area contributed by atoms with E-state index in [1.54, 1.807) is 0 Å². The lowest BCUT2D eigenvalue weighted by atomic mass is 9.98. The lowest BCUT2D eigenvalue weighted by Crippen LogP contribution is -2.47. The Kier molecular flexibility index (Phi) is 4.06. The molecular formula is C17H19N3O3. The summed E-state index contributed by atoms with van der Waals surface area (Å²) in [5, 5.41) is 17.4. The van der Waals surface area contributed by atoms with E-state index >= 15 is 0 Å². The maximum Gasteiger partial charge on any atom is 0.324 e. The van der Waals surface area contributed by atoms with Gasteiger partial charge >= 0.3 is 6.03 Å². The molecule has 2 aliphatic rings. The highest BCUT2D eigenvalue weighted by Crippen LogP contribution is 2.34. The first-order valence-corrected chi connectivity index (χ1v) is 7.61. The summed E-state index contributed by atoms with van der Waals surface area (Å²) >= 11 is 0. The van der Waals surface area contributed by atoms with Crippen LogP contribution in [0.25, 0.3) is 0 Å². The Hall–Kier alpha value is -2.76. The number of carbonyl (C=O) groups excluding carboxylic acids is 2. The number of urea groups is 1. The van der Waals surface area contributed by atoms with Gasteiger partial charge in [-0.1, -0.05) is 36.9 Å². The fraction of sp³-hybridized carbons (Fsp3) is 0.294. The van der Waals surface area contributed by atoms with Crippen molar-refractivity contribution in [3.05, 3.63) is 59.6 Å². The van der Waals surface area contributed by atoms with E-state index in [1.807, 2.05) is 18.2 Å². The van der Waals surface area contributed by atoms with E-state index in [4.69, 9.17) is 0 Å². The smallest absolute Gasteiger partial charge is 0.324 e. The molecule has 1 aliphatic heterocycles. The normalized spacial score (nSPS) is 24.2. The van der Waals surface area contributed by atoms with Gasteiger partial charge in [0.25, 0.3) is 5.91 Å². The van der Waals surface area contributed by atoms with Crippen LogP contribution in [-0.4, -0.2) is 23.1 Å². The monoisotopic (exact) mass is 313 g/mol. The minimum atomic E-state index is -0.577. The Morgan fingerprint density at radius 1 is 1.22 bits per heavy atom. The molecule has 6 nitrogen and oxygen atoms in total. The molecule has 3 amide bonds. The first kappa shape index (κ1) is 15.1. The third-order valence-electron chi connectivity index (χ3n) is 4.29. The molecule has 23 heavy (non-hydrogen) atoms. The molecule has 3 rings (SSSR count). The van der Waals surface area contributed by atoms with E-state index in [0.717, 1.165) is 19.3 Å². The fourth-order valence-electron chi connectivity index (χ4n) is 3.11. The van der Waals surface area contributed by atoms with Crippen molar-refractivity contribution in [3.8, 4) is 0 Å². The van der Waals surface area contributed by atoms with E-state index in [2.05, 4.69) is 34.7 Å². The van der Waals surface area contributed by atoms with Crippen molar-refractivity contribution in [2.75, 3.05) is 0 Å². The molecule has 1 aromatic carbocycles. The number of carbonyl (C=O) groups is 2. The van der Waals surface area contributed by atoms with Crippen molar-refractivity contribution in [2.45, 2.75) is 31.2 Å². The van der Waals surface area contributed by atoms with Gasteiger partial charge in [0.15, 0.2) is 11.5 Å². The van der Waals surface area contributed by atoms with Crippen molar-refractivity contribution in [1.82, 2.24) is 16.0 Å². The van der Waals surface area contributed by atoms with Gasteiger partial charge in [-0.3, -0.25) is 10.1 Å². The number of benzene rings is 1. The Morgan fingerprint density at radius 2 is 1.96 bits per heavy atom. The highest BCUT2D eigenvalue weighted by molar-refractivity contribution is 6.00. The third kappa shape index (κ3) is 3.21. The van der Waals surface area contributed by atoms with Crippen molar-refractivity contribution in [2.24, 2.45) is 0 Å². The average Bonchev–Trinajstić information content (AvgIpc) is 3.00. The molecule has 1 heterocycles. The minimum absolute atomic E-state index is 0.0208. The van der Waals surface area contributed by atoms with E-state index in [1.165, 1.54) is 5.56 Å². The van der Waals surface area contributed by atoms with Crippen LogP contribution >= 0.6 is 0 Å². The van der Waals surface area contributed by atoms with Gasteiger partial charge in [-0.2, -0.15) is 0 Å². The SMILES string of the molecule is C=C1NC(=O)NC(C(=O)N[C@@H]2CC[C@@H](c3ccccc3)C2)=C1O. The van der Waals surface area contributed by atoms with Gasteiger partial charge in [0.05, 0.1) is 5.70 Å². The van der Waals surface area contributed by atoms with Crippen LogP contribution in [0.3, 0.4) is 0 Å². The second kappa shape index (κ2) is 6.16. The van der Waals surface area contributed by atoms with Crippen LogP contribution in [0.1, 0.15) is 30.7 Å². The van der Waals surface area contributed by atoms with Gasteiger partial charge in [0, 0.05) is 6.04 Å². The quantitative estimate of drug-likeness (QED) is 0.688. The summed E-state index contributed by atoms with van der Waals surface area (Å²) in [6.07, 6.45) is 2.71. The third-order valence-corrected chi connectivity index (χ3v) is 4.29. The zero-order valence-corrected chi connectivity index (χ0v) is 12.6. The van der Waals surface area contributed by atoms with Gasteiger partial charge in [-0.05, 0) is 30.7 Å². The van der Waals surface area contributed by atoms with Crippen LogP contribution in [0.2, 0.25) is 0 Å². The van der Waals surface area contributed by atoms with E-state index in [0.29, 0.717) is 5.92 Å². The van der Waals surface area contributed by atoms with Gasteiger partial charge in [0.2, 0.25) is 0 Å². The molecule has 0 aromatic heterocycles. The highest BCUT2D eigenvalue weighted by Gasteiger charge is 2.30. The average molecular weight is 313 g/mol. The number of aliphatic hydroxyl groups is 1. The summed E-state index contributed by atoms with van der Waals surface area (Å²) in [6, 6.07) is 9.65. The van der Waals surface area contributed by atoms with Crippen LogP contribution in [0, 0.1) is 0 Å². The van der Waals surface area contributed by atoms with Gasteiger partial charge < -0.3 is 15.7 Å². The molecule has 4 N–H and O–H groups in total. The zero-order valence-electron chi connectivity index (χ0n) is 12.6. The maximum absolute atomic E-state index is 12.3. The maximum atomic E-state index is 12.3. The summed E-state index contributed by atoms with van der Waals surface area (Å²) in [6.45, 7) is 3.50. The lowest BCUT2D eigenvalue weighted by Gasteiger charge is -2.21. The molecule has 0 unspecified atom stereocenters. The summed E-state index contributed by atoms with van der Waals surface area (Å²) in [5.41, 5.74) is 1.14. The molecule has 1 saturated carbocycles. The number of amides is 3. The summed E-state index contributed by atoms with van der Waals surface area (Å²) in [7, 11) is 0. The Morgan fingerprint density at radius 3 is 2.70 bits per heavy atom. The molecule has 0 radical (unpaired) electrons. The van der Waals surface area contributed by atoms with Crippen LogP contribution < -0.4 is 16.0 Å². The van der Waals surface area contributed by atoms with Crippen LogP contribution in [0.5, 0.6) is 0 Å². The molecule has 0 spiro atoms. The Labute approximate surface area is 134 Å². The number of hydrogen-bond acceptors (Lipinski definition) is 3. The lowest BCUT2D eigenvalue weighted by molar-refractivity contribution is -0.118. The number of nitrogens with one attached hydrogen (secondary N) is 3. The van der Waals surface area contributed by atoms with E-state index in [-0.39, 0.29) is 23.2 Å². The Bertz CT molecular complexity index is 682. The largest absolute Gasteiger partial charge is 0.504 e. The molecule has 2 atom stereocenters. The summed E-state index contributed by atoms with van der Waals surface area (Å²) < 4.78 is 0. The second-order valence-electron chi connectivity index (χ2n) is 5.87. The van der Waals surface area contributed by atoms with E-state index in [9.17, 15) is 14.7 Å². The van der Waals surface area contributed by atoms with Crippen molar-refractivity contribution >= 4 is 11.9 Å². The molecule has 0 saturated heterocycles. The van der Waals surface area contributed by atoms with Gasteiger partial charge in [-0.25, -0.2) is 4.79 Å². The van der Waals surface area contributed by atoms with Crippen molar-refractivity contribution in [1.29, 1.82) is 0 Å². The molecule has 1 fully saturated rings. The number of aliphatic hydroxyl groups excluding tert-OH is 1. The van der Waals surface area contributed by atoms with Crippen LogP contribution in [-0.2, 0) is 4.79 Å². The summed E-state index contributed by atoms with van der Waals surface area (Å²) in [5.74, 6) is -0.404.